The summed E-state index contributed by atoms with van der Waals surface area (Å²) in [5.41, 5.74) is 1.02. The van der Waals surface area contributed by atoms with Crippen LogP contribution in [0.3, 0.4) is 0 Å². The maximum Gasteiger partial charge on any atom is 0.228 e. The third-order valence-electron chi connectivity index (χ3n) is 3.17. The van der Waals surface area contributed by atoms with Gasteiger partial charge in [0.05, 0.1) is 26.0 Å². The van der Waals surface area contributed by atoms with Gasteiger partial charge in [-0.1, -0.05) is 13.3 Å². The molecule has 1 aromatic heterocycles. The molecule has 0 bridgehead atoms. The molecule has 0 unspecified atom stereocenters. The topological polar surface area (TPSA) is 62.7 Å². The molecular weight excluding hydrogens is 244 g/mol. The van der Waals surface area contributed by atoms with Gasteiger partial charge < -0.3 is 9.84 Å². The first-order valence-electron chi connectivity index (χ1n) is 6.79. The third-order valence-corrected chi connectivity index (χ3v) is 3.17. The highest BCUT2D eigenvalue weighted by molar-refractivity contribution is 5.95. The van der Waals surface area contributed by atoms with Crippen LogP contribution in [0.1, 0.15) is 31.7 Å². The van der Waals surface area contributed by atoms with Crippen LogP contribution < -0.4 is 9.64 Å². The number of anilines is 1. The van der Waals surface area contributed by atoms with Crippen LogP contribution in [0.4, 0.5) is 5.82 Å². The summed E-state index contributed by atoms with van der Waals surface area (Å²) in [7, 11) is 0. The summed E-state index contributed by atoms with van der Waals surface area (Å²) in [6.45, 7) is 3.06. The van der Waals surface area contributed by atoms with Crippen LogP contribution in [0, 0.1) is 0 Å². The lowest BCUT2D eigenvalue weighted by Crippen LogP contribution is -2.37. The van der Waals surface area contributed by atoms with Crippen LogP contribution in [-0.4, -0.2) is 35.8 Å². The molecule has 5 heteroatoms. The van der Waals surface area contributed by atoms with Crippen molar-refractivity contribution in [2.24, 2.45) is 0 Å². The molecule has 5 nitrogen and oxygen atoms in total. The number of aromatic nitrogens is 1. The highest BCUT2D eigenvalue weighted by Crippen LogP contribution is 2.28. The fourth-order valence-electron chi connectivity index (χ4n) is 2.15. The minimum Gasteiger partial charge on any atom is -0.492 e. The number of nitrogens with zero attached hydrogens (tertiary/aromatic N) is 2. The Morgan fingerprint density at radius 2 is 2.32 bits per heavy atom. The Kier molecular flexibility index (Phi) is 4.74. The van der Waals surface area contributed by atoms with Crippen molar-refractivity contribution in [3.8, 4) is 5.75 Å². The van der Waals surface area contributed by atoms with E-state index >= 15 is 0 Å². The molecule has 1 N–H and O–H groups in total. The minimum absolute atomic E-state index is 0.0219. The normalized spacial score (nSPS) is 14.4. The van der Waals surface area contributed by atoms with Crippen LogP contribution in [0.5, 0.6) is 5.75 Å². The SMILES string of the molecule is CCCCOc1cnc2c(c1)CCC(=O)N2CCO. The van der Waals surface area contributed by atoms with Crippen molar-refractivity contribution >= 4 is 11.7 Å². The molecule has 1 aliphatic rings. The minimum atomic E-state index is -0.0540. The average molecular weight is 264 g/mol. The van der Waals surface area contributed by atoms with Gasteiger partial charge in [0.25, 0.3) is 0 Å². The lowest BCUT2D eigenvalue weighted by Gasteiger charge is -2.27. The third kappa shape index (κ3) is 3.23. The first-order chi connectivity index (χ1) is 9.26. The van der Waals surface area contributed by atoms with E-state index in [4.69, 9.17) is 9.84 Å². The van der Waals surface area contributed by atoms with Gasteiger partial charge in [0.1, 0.15) is 11.6 Å². The first-order valence-corrected chi connectivity index (χ1v) is 6.79. The van der Waals surface area contributed by atoms with E-state index in [9.17, 15) is 4.79 Å². The fraction of sp³-hybridized carbons (Fsp3) is 0.571. The molecule has 2 heterocycles. The van der Waals surface area contributed by atoms with E-state index in [1.165, 1.54) is 0 Å². The molecule has 0 aromatic carbocycles. The van der Waals surface area contributed by atoms with Crippen molar-refractivity contribution in [2.75, 3.05) is 24.7 Å². The molecule has 0 radical (unpaired) electrons. The van der Waals surface area contributed by atoms with Crippen LogP contribution in [-0.2, 0) is 11.2 Å². The quantitative estimate of drug-likeness (QED) is 0.791. The second-order valence-corrected chi connectivity index (χ2v) is 4.62. The highest BCUT2D eigenvalue weighted by Gasteiger charge is 2.25. The van der Waals surface area contributed by atoms with Gasteiger partial charge in [-0.05, 0) is 24.5 Å². The van der Waals surface area contributed by atoms with Crippen LogP contribution in [0.2, 0.25) is 0 Å². The van der Waals surface area contributed by atoms with E-state index in [2.05, 4.69) is 11.9 Å². The molecule has 0 aliphatic carbocycles. The average Bonchev–Trinajstić information content (AvgIpc) is 2.42. The summed E-state index contributed by atoms with van der Waals surface area (Å²) < 4.78 is 5.62. The predicted molar refractivity (Wildman–Crippen MR) is 72.4 cm³/mol. The molecule has 0 spiro atoms. The number of ether oxygens (including phenoxy) is 1. The Morgan fingerprint density at radius 1 is 1.47 bits per heavy atom. The number of aliphatic hydroxyl groups is 1. The number of fused-ring (bicyclic) bond motifs is 1. The maximum atomic E-state index is 11.8. The van der Waals surface area contributed by atoms with Gasteiger partial charge in [0, 0.05) is 6.42 Å². The second kappa shape index (κ2) is 6.52. The maximum absolute atomic E-state index is 11.8. The number of rotatable bonds is 6. The lowest BCUT2D eigenvalue weighted by atomic mass is 10.1. The molecule has 1 aliphatic heterocycles. The molecule has 0 saturated carbocycles. The van der Waals surface area contributed by atoms with Gasteiger partial charge in [-0.3, -0.25) is 9.69 Å². The zero-order valence-corrected chi connectivity index (χ0v) is 11.3. The second-order valence-electron chi connectivity index (χ2n) is 4.62. The molecule has 1 amide bonds. The molecule has 0 fully saturated rings. The summed E-state index contributed by atoms with van der Waals surface area (Å²) in [6.07, 6.45) is 4.92. The first kappa shape index (κ1) is 13.8. The molecule has 2 rings (SSSR count). The Morgan fingerprint density at radius 3 is 3.05 bits per heavy atom. The largest absolute Gasteiger partial charge is 0.492 e. The predicted octanol–water partition coefficient (Wildman–Crippen LogP) is 1.53. The van der Waals surface area contributed by atoms with Crippen molar-refractivity contribution in [3.05, 3.63) is 17.8 Å². The summed E-state index contributed by atoms with van der Waals surface area (Å²) in [5, 5.41) is 9.01. The number of carbonyl (C=O) groups is 1. The smallest absolute Gasteiger partial charge is 0.228 e. The molecule has 104 valence electrons. The zero-order chi connectivity index (χ0) is 13.7. The van der Waals surface area contributed by atoms with E-state index < -0.39 is 0 Å². The number of β-amino-alcohol motifs (C(OH)–C–C–N with tert-alkyl or cyclic N) is 1. The van der Waals surface area contributed by atoms with Gasteiger partial charge in [-0.15, -0.1) is 0 Å². The lowest BCUT2D eigenvalue weighted by molar-refractivity contribution is -0.119. The van der Waals surface area contributed by atoms with Crippen LogP contribution >= 0.6 is 0 Å². The number of unbranched alkanes of at least 4 members (excludes halogenated alkanes) is 1. The monoisotopic (exact) mass is 264 g/mol. The summed E-state index contributed by atoms with van der Waals surface area (Å²) in [6, 6.07) is 1.95. The summed E-state index contributed by atoms with van der Waals surface area (Å²) in [4.78, 5) is 17.7. The Balaban J connectivity index is 2.14. The Labute approximate surface area is 113 Å². The number of hydrogen-bond acceptors (Lipinski definition) is 4. The van der Waals surface area contributed by atoms with E-state index in [1.54, 1.807) is 11.1 Å². The molecule has 0 atom stereocenters. The Hall–Kier alpha value is -1.62. The fourth-order valence-corrected chi connectivity index (χ4v) is 2.15. The van der Waals surface area contributed by atoms with Crippen molar-refractivity contribution in [2.45, 2.75) is 32.6 Å². The number of pyridine rings is 1. The van der Waals surface area contributed by atoms with Crippen LogP contribution in [0.25, 0.3) is 0 Å². The van der Waals surface area contributed by atoms with Gasteiger partial charge in [-0.2, -0.15) is 0 Å². The Bertz CT molecular complexity index is 448. The number of carbonyl (C=O) groups excluding carboxylic acids is 1. The van der Waals surface area contributed by atoms with E-state index in [0.717, 1.165) is 24.2 Å². The van der Waals surface area contributed by atoms with Crippen molar-refractivity contribution in [1.29, 1.82) is 0 Å². The summed E-state index contributed by atoms with van der Waals surface area (Å²) >= 11 is 0. The van der Waals surface area contributed by atoms with Gasteiger partial charge in [-0.25, -0.2) is 4.98 Å². The van der Waals surface area contributed by atoms with Gasteiger partial charge in [0.2, 0.25) is 5.91 Å². The molecule has 1 aromatic rings. The summed E-state index contributed by atoms with van der Waals surface area (Å²) in [5.74, 6) is 1.44. The van der Waals surface area contributed by atoms with E-state index in [0.29, 0.717) is 31.8 Å². The van der Waals surface area contributed by atoms with Crippen molar-refractivity contribution in [3.63, 3.8) is 0 Å². The van der Waals surface area contributed by atoms with Crippen LogP contribution in [0.15, 0.2) is 12.3 Å². The number of aliphatic hydroxyl groups excluding tert-OH is 1. The van der Waals surface area contributed by atoms with E-state index in [1.807, 2.05) is 6.07 Å². The highest BCUT2D eigenvalue weighted by atomic mass is 16.5. The molecule has 0 saturated heterocycles. The van der Waals surface area contributed by atoms with Crippen molar-refractivity contribution < 1.29 is 14.6 Å². The van der Waals surface area contributed by atoms with Crippen molar-refractivity contribution in [1.82, 2.24) is 4.98 Å². The number of hydrogen-bond donors (Lipinski definition) is 1. The molecule has 19 heavy (non-hydrogen) atoms. The number of amides is 1. The number of aryl methyl sites for hydroxylation is 1. The standard InChI is InChI=1S/C14H20N2O3/c1-2-3-8-19-12-9-11-4-5-13(18)16(6-7-17)14(11)15-10-12/h9-10,17H,2-8H2,1H3. The van der Waals surface area contributed by atoms with Gasteiger partial charge in [0.15, 0.2) is 0 Å². The van der Waals surface area contributed by atoms with Gasteiger partial charge >= 0.3 is 0 Å². The molecular formula is C14H20N2O3. The van der Waals surface area contributed by atoms with E-state index in [-0.39, 0.29) is 12.5 Å². The zero-order valence-electron chi connectivity index (χ0n) is 11.3.